The van der Waals surface area contributed by atoms with Gasteiger partial charge in [-0.2, -0.15) is 0 Å². The number of aliphatic hydroxyl groups is 1. The predicted octanol–water partition coefficient (Wildman–Crippen LogP) is 3.59. The molecule has 0 saturated carbocycles. The molecular weight excluding hydrogens is 1400 g/mol. The molecule has 0 spiro atoms. The second-order valence-corrected chi connectivity index (χ2v) is 27.3. The Kier molecular flexibility index (Phi) is 38.6. The van der Waals surface area contributed by atoms with Gasteiger partial charge in [0, 0.05) is 99.8 Å². The number of hydrogen-bond donors (Lipinski definition) is 5. The monoisotopic (exact) mass is 1510 g/mol. The molecule has 1 radical (unpaired) electrons. The molecule has 0 aromatic carbocycles. The Morgan fingerprint density at radius 3 is 1.40 bits per heavy atom. The van der Waals surface area contributed by atoms with Crippen molar-refractivity contribution in [3.8, 4) is 0 Å². The summed E-state index contributed by atoms with van der Waals surface area (Å²) in [6.45, 7) is 29.2. The van der Waals surface area contributed by atoms with Crippen LogP contribution in [0.2, 0.25) is 0 Å². The quantitative estimate of drug-likeness (QED) is 0.0913. The van der Waals surface area contributed by atoms with Crippen molar-refractivity contribution in [2.75, 3.05) is 62.5 Å². The molecule has 523 valence electrons. The molecule has 25 nitrogen and oxygen atoms in total. The Bertz CT molecular complexity index is 2510. The fourth-order valence-corrected chi connectivity index (χ4v) is 11.2. The van der Waals surface area contributed by atoms with Gasteiger partial charge in [-0.1, -0.05) is 109 Å². The van der Waals surface area contributed by atoms with E-state index in [1.807, 2.05) is 55.4 Å². The first kappa shape index (κ1) is 86.8. The van der Waals surface area contributed by atoms with Crippen molar-refractivity contribution in [3.05, 3.63) is 12.2 Å². The number of likely N-dealkylation sites (N-methyl/N-ethyl adjacent to an activating group) is 7. The van der Waals surface area contributed by atoms with Crippen LogP contribution in [0, 0.1) is 85.5 Å². The summed E-state index contributed by atoms with van der Waals surface area (Å²) in [7, 11) is 9.81. The van der Waals surface area contributed by atoms with Crippen LogP contribution in [0.1, 0.15) is 169 Å². The molecule has 26 heteroatoms. The summed E-state index contributed by atoms with van der Waals surface area (Å²) in [5.41, 5.74) is 0. The standard InChI is InChI=1S/C66H117N11O14.Ac/c1-25-46-62(86)71(18)36-51(78)72(19)47(32-37(3)4)59(83)70-53(41(11)12)65(89)73(20)48(33-38(5)6)58(82)67-44(16)57(81)68-45(17)61(85)74(21)49(34-39(7)8)63(87)75(22)50(35-40(9)10)64(88)76(23)54(42(13)14)66(90)77(24)55(60(84)69-46)56(80)43(15)30-28-27-29-31-52(79)91-26-2;/h27-28,37-50,53-56,80H,25-26,29-36H2,1-24H3,(H,67,82)(H,68,81)(H,69,84)(H,70,83);/b28-27+;. The molecular formula is C66H117AcN11O14. The van der Waals surface area contributed by atoms with Crippen LogP contribution >= 0.6 is 0 Å². The number of amides is 11. The number of hydrogen-bond acceptors (Lipinski definition) is 14. The number of nitrogens with one attached hydrogen (secondary N) is 4. The van der Waals surface area contributed by atoms with E-state index in [1.165, 1.54) is 87.7 Å². The predicted molar refractivity (Wildman–Crippen MR) is 349 cm³/mol. The van der Waals surface area contributed by atoms with Crippen molar-refractivity contribution < 1.29 is 111 Å². The summed E-state index contributed by atoms with van der Waals surface area (Å²) >= 11 is 0. The molecule has 1 saturated heterocycles. The van der Waals surface area contributed by atoms with Crippen molar-refractivity contribution in [3.63, 3.8) is 0 Å². The van der Waals surface area contributed by atoms with E-state index in [0.29, 0.717) is 6.42 Å². The summed E-state index contributed by atoms with van der Waals surface area (Å²) in [4.78, 5) is 181. The van der Waals surface area contributed by atoms with Crippen molar-refractivity contribution in [2.45, 2.75) is 236 Å². The molecule has 92 heavy (non-hydrogen) atoms. The average molecular weight is 1520 g/mol. The van der Waals surface area contributed by atoms with Crippen LogP contribution in [0.15, 0.2) is 12.2 Å². The molecule has 12 unspecified atom stereocenters. The van der Waals surface area contributed by atoms with Crippen LogP contribution in [0.5, 0.6) is 0 Å². The molecule has 1 rings (SSSR count). The van der Waals surface area contributed by atoms with Crippen LogP contribution < -0.4 is 21.3 Å². The topological polar surface area (TPSA) is 305 Å². The van der Waals surface area contributed by atoms with E-state index in [4.69, 9.17) is 4.74 Å². The SMILES string of the molecule is CCOC(=O)CC/C=C/CC(C)C(O)C1C(=O)NC(CC)C(=O)N(C)CC(=O)N(C)C(CC(C)C)C(=O)NC(C(C)C)C(=O)N(C)C(CC(C)C)C(=O)NC(C)C(=O)NC(C)C(=O)N(C)C(CC(C)C)C(=O)N(C)C(CC(C)C)C(=O)N(C)C(C(C)C)C(=O)N1C.[Ac]. The van der Waals surface area contributed by atoms with Gasteiger partial charge >= 0.3 is 5.97 Å². The Hall–Kier alpha value is -5.22. The van der Waals surface area contributed by atoms with Gasteiger partial charge in [-0.15, -0.1) is 0 Å². The molecule has 1 heterocycles. The zero-order valence-electron chi connectivity index (χ0n) is 60.1. The number of nitrogens with zero attached hydrogens (tertiary/aromatic N) is 7. The summed E-state index contributed by atoms with van der Waals surface area (Å²) in [6, 6.07) is -12.6. The second-order valence-electron chi connectivity index (χ2n) is 27.3. The van der Waals surface area contributed by atoms with E-state index < -0.39 is 156 Å². The van der Waals surface area contributed by atoms with E-state index in [9.17, 15) is 48.3 Å². The normalized spacial score (nSPS) is 25.6. The molecule has 1 fully saturated rings. The van der Waals surface area contributed by atoms with Gasteiger partial charge < -0.3 is 65.4 Å². The van der Waals surface area contributed by atoms with Gasteiger partial charge in [-0.25, -0.2) is 0 Å². The maximum Gasteiger partial charge on any atom is 0.306 e. The molecule has 1 aliphatic rings. The van der Waals surface area contributed by atoms with Crippen LogP contribution in [0.4, 0.5) is 0 Å². The maximum atomic E-state index is 15.3. The average Bonchev–Trinajstić information content (AvgIpc) is 0.848. The number of rotatable bonds is 19. The molecule has 0 aromatic rings. The van der Waals surface area contributed by atoms with Crippen molar-refractivity contribution >= 4 is 70.9 Å². The molecule has 5 N–H and O–H groups in total. The maximum absolute atomic E-state index is 15.3. The van der Waals surface area contributed by atoms with Crippen molar-refractivity contribution in [2.24, 2.45) is 41.4 Å². The molecule has 0 aliphatic carbocycles. The number of aliphatic hydroxyl groups excluding tert-OH is 1. The van der Waals surface area contributed by atoms with Gasteiger partial charge in [0.2, 0.25) is 65.0 Å². The number of carbonyl (C=O) groups is 12. The van der Waals surface area contributed by atoms with Gasteiger partial charge in [-0.05, 0) is 107 Å². The summed E-state index contributed by atoms with van der Waals surface area (Å²) in [5.74, 6) is -10.6. The zero-order valence-corrected chi connectivity index (χ0v) is 64.8. The third kappa shape index (κ3) is 25.8. The van der Waals surface area contributed by atoms with Gasteiger partial charge in [0.1, 0.15) is 60.4 Å². The third-order valence-electron chi connectivity index (χ3n) is 16.8. The third-order valence-corrected chi connectivity index (χ3v) is 16.8. The first-order valence-electron chi connectivity index (χ1n) is 32.7. The number of esters is 1. The fraction of sp³-hybridized carbons (Fsp3) is 0.788. The Balaban J connectivity index is 0.0000828. The molecule has 1 aliphatic heterocycles. The fourth-order valence-electron chi connectivity index (χ4n) is 11.2. The van der Waals surface area contributed by atoms with Gasteiger partial charge in [0.15, 0.2) is 0 Å². The minimum atomic E-state index is -1.69. The van der Waals surface area contributed by atoms with Crippen LogP contribution in [-0.4, -0.2) is 239 Å². The largest absolute Gasteiger partial charge is 0.466 e. The van der Waals surface area contributed by atoms with E-state index in [0.717, 1.165) is 9.80 Å². The zero-order chi connectivity index (χ0) is 70.4. The summed E-state index contributed by atoms with van der Waals surface area (Å²) in [5, 5.41) is 23.3. The first-order valence-corrected chi connectivity index (χ1v) is 32.7. The molecule has 11 amide bonds. The molecule has 0 bridgehead atoms. The van der Waals surface area contributed by atoms with Crippen molar-refractivity contribution in [1.29, 1.82) is 0 Å². The molecule has 12 atom stereocenters. The van der Waals surface area contributed by atoms with Crippen molar-refractivity contribution in [1.82, 2.24) is 55.6 Å². The Labute approximate surface area is 585 Å². The Morgan fingerprint density at radius 1 is 0.500 bits per heavy atom. The summed E-state index contributed by atoms with van der Waals surface area (Å²) < 4.78 is 5.03. The minimum Gasteiger partial charge on any atom is -0.466 e. The van der Waals surface area contributed by atoms with E-state index in [1.54, 1.807) is 60.6 Å². The van der Waals surface area contributed by atoms with E-state index in [-0.39, 0.29) is 125 Å². The minimum absolute atomic E-state index is 0. The van der Waals surface area contributed by atoms with E-state index in [2.05, 4.69) is 21.3 Å². The van der Waals surface area contributed by atoms with E-state index >= 15 is 14.4 Å². The number of allylic oxidation sites excluding steroid dienone is 2. The Morgan fingerprint density at radius 2 is 0.935 bits per heavy atom. The van der Waals surface area contributed by atoms with Crippen LogP contribution in [0.25, 0.3) is 0 Å². The second kappa shape index (κ2) is 40.9. The van der Waals surface area contributed by atoms with Gasteiger partial charge in [-0.3, -0.25) is 57.5 Å². The summed E-state index contributed by atoms with van der Waals surface area (Å²) in [6.07, 6.45) is 3.03. The van der Waals surface area contributed by atoms with Gasteiger partial charge in [0.25, 0.3) is 0 Å². The molecule has 0 aromatic heterocycles. The number of ether oxygens (including phenoxy) is 1. The smallest absolute Gasteiger partial charge is 0.306 e. The number of carbonyl (C=O) groups excluding carboxylic acids is 12. The van der Waals surface area contributed by atoms with Gasteiger partial charge in [0.05, 0.1) is 19.3 Å². The van der Waals surface area contributed by atoms with Crippen LogP contribution in [-0.2, 0) is 62.3 Å². The van der Waals surface area contributed by atoms with Crippen LogP contribution in [0.3, 0.4) is 0 Å². The first-order chi connectivity index (χ1) is 42.1.